The first-order valence-corrected chi connectivity index (χ1v) is 6.93. The van der Waals surface area contributed by atoms with Crippen LogP contribution >= 0.6 is 0 Å². The molecular weight excluding hydrogens is 228 g/mol. The van der Waals surface area contributed by atoms with Crippen molar-refractivity contribution in [3.8, 4) is 0 Å². The standard InChI is InChI=1S/C19H20/c1-14-17(13-15-9-5-4-6-10-15)16-11-7-8-12-18(16)19(14,2)3/h4-12,17H,1,13H2,2-3H3. The second-order valence-electron chi connectivity index (χ2n) is 5.98. The van der Waals surface area contributed by atoms with Crippen molar-refractivity contribution >= 4 is 0 Å². The molecule has 0 saturated heterocycles. The molecule has 1 unspecified atom stereocenters. The summed E-state index contributed by atoms with van der Waals surface area (Å²) in [6.45, 7) is 8.98. The molecule has 2 aromatic carbocycles. The quantitative estimate of drug-likeness (QED) is 0.666. The van der Waals surface area contributed by atoms with E-state index in [9.17, 15) is 0 Å². The van der Waals surface area contributed by atoms with Crippen molar-refractivity contribution in [3.05, 3.63) is 83.4 Å². The summed E-state index contributed by atoms with van der Waals surface area (Å²) in [7, 11) is 0. The van der Waals surface area contributed by atoms with Crippen LogP contribution in [0.2, 0.25) is 0 Å². The van der Waals surface area contributed by atoms with E-state index in [1.807, 2.05) is 0 Å². The molecule has 0 radical (unpaired) electrons. The van der Waals surface area contributed by atoms with Gasteiger partial charge in [-0.05, 0) is 23.1 Å². The van der Waals surface area contributed by atoms with E-state index in [0.29, 0.717) is 5.92 Å². The predicted octanol–water partition coefficient (Wildman–Crippen LogP) is 4.86. The lowest BCUT2D eigenvalue weighted by molar-refractivity contribution is 0.616. The van der Waals surface area contributed by atoms with Crippen molar-refractivity contribution in [2.24, 2.45) is 0 Å². The van der Waals surface area contributed by atoms with Gasteiger partial charge in [0.25, 0.3) is 0 Å². The molecule has 0 fully saturated rings. The number of hydrogen-bond acceptors (Lipinski definition) is 0. The molecule has 0 spiro atoms. The fourth-order valence-electron chi connectivity index (χ4n) is 3.25. The zero-order valence-electron chi connectivity index (χ0n) is 11.7. The summed E-state index contributed by atoms with van der Waals surface area (Å²) in [6, 6.07) is 19.5. The molecule has 0 heterocycles. The molecule has 0 nitrogen and oxygen atoms in total. The van der Waals surface area contributed by atoms with Gasteiger partial charge in [-0.15, -0.1) is 0 Å². The van der Waals surface area contributed by atoms with Gasteiger partial charge in [0.15, 0.2) is 0 Å². The average Bonchev–Trinajstić information content (AvgIpc) is 2.62. The van der Waals surface area contributed by atoms with Crippen molar-refractivity contribution in [2.45, 2.75) is 31.6 Å². The monoisotopic (exact) mass is 248 g/mol. The summed E-state index contributed by atoms with van der Waals surface area (Å²) in [4.78, 5) is 0. The highest BCUT2D eigenvalue weighted by atomic mass is 14.4. The van der Waals surface area contributed by atoms with Crippen molar-refractivity contribution in [1.82, 2.24) is 0 Å². The van der Waals surface area contributed by atoms with Gasteiger partial charge in [0.1, 0.15) is 0 Å². The first-order valence-electron chi connectivity index (χ1n) is 6.93. The number of rotatable bonds is 2. The van der Waals surface area contributed by atoms with Crippen molar-refractivity contribution in [2.75, 3.05) is 0 Å². The summed E-state index contributed by atoms with van der Waals surface area (Å²) in [5.74, 6) is 0.452. The lowest BCUT2D eigenvalue weighted by Gasteiger charge is -2.23. The number of fused-ring (bicyclic) bond motifs is 1. The van der Waals surface area contributed by atoms with Gasteiger partial charge in [0.2, 0.25) is 0 Å². The highest BCUT2D eigenvalue weighted by Gasteiger charge is 2.39. The zero-order valence-corrected chi connectivity index (χ0v) is 11.7. The van der Waals surface area contributed by atoms with Crippen LogP contribution in [0.3, 0.4) is 0 Å². The molecule has 96 valence electrons. The van der Waals surface area contributed by atoms with E-state index >= 15 is 0 Å². The SMILES string of the molecule is C=C1C(Cc2ccccc2)c2ccccc2C1(C)C. The van der Waals surface area contributed by atoms with Crippen molar-refractivity contribution < 1.29 is 0 Å². The molecule has 1 aliphatic rings. The van der Waals surface area contributed by atoms with Crippen molar-refractivity contribution in [1.29, 1.82) is 0 Å². The van der Waals surface area contributed by atoms with E-state index in [-0.39, 0.29) is 5.41 Å². The van der Waals surface area contributed by atoms with E-state index in [0.717, 1.165) is 6.42 Å². The van der Waals surface area contributed by atoms with Gasteiger partial charge < -0.3 is 0 Å². The Bertz CT molecular complexity index is 605. The fourth-order valence-corrected chi connectivity index (χ4v) is 3.25. The van der Waals surface area contributed by atoms with E-state index < -0.39 is 0 Å². The Kier molecular flexibility index (Phi) is 2.82. The molecule has 2 aromatic rings. The third kappa shape index (κ3) is 1.92. The van der Waals surface area contributed by atoms with Crippen LogP contribution in [0.25, 0.3) is 0 Å². The van der Waals surface area contributed by atoms with Crippen LogP contribution in [0.4, 0.5) is 0 Å². The van der Waals surface area contributed by atoms with Crippen LogP contribution in [-0.4, -0.2) is 0 Å². The first-order chi connectivity index (χ1) is 9.10. The minimum atomic E-state index is 0.0933. The van der Waals surface area contributed by atoms with E-state index in [2.05, 4.69) is 75.0 Å². The largest absolute Gasteiger partial charge is 0.0984 e. The lowest BCUT2D eigenvalue weighted by Crippen LogP contribution is -2.16. The fraction of sp³-hybridized carbons (Fsp3) is 0.263. The van der Waals surface area contributed by atoms with Crippen LogP contribution in [-0.2, 0) is 11.8 Å². The average molecular weight is 248 g/mol. The van der Waals surface area contributed by atoms with Crippen LogP contribution in [0, 0.1) is 0 Å². The molecule has 0 amide bonds. The first kappa shape index (κ1) is 12.2. The summed E-state index contributed by atoms with van der Waals surface area (Å²) in [5, 5.41) is 0. The lowest BCUT2D eigenvalue weighted by atomic mass is 9.81. The minimum Gasteiger partial charge on any atom is -0.0984 e. The maximum atomic E-state index is 4.40. The Labute approximate surface area is 115 Å². The highest BCUT2D eigenvalue weighted by molar-refractivity contribution is 5.53. The van der Waals surface area contributed by atoms with E-state index in [1.165, 1.54) is 22.3 Å². The Morgan fingerprint density at radius 2 is 1.58 bits per heavy atom. The molecule has 0 aromatic heterocycles. The Balaban J connectivity index is 2.02. The molecule has 3 rings (SSSR count). The summed E-state index contributed by atoms with van der Waals surface area (Å²) < 4.78 is 0. The maximum absolute atomic E-state index is 4.40. The topological polar surface area (TPSA) is 0 Å². The Morgan fingerprint density at radius 3 is 2.32 bits per heavy atom. The molecule has 1 atom stereocenters. The molecular formula is C19H20. The Morgan fingerprint density at radius 1 is 0.947 bits per heavy atom. The second kappa shape index (κ2) is 4.38. The van der Waals surface area contributed by atoms with Gasteiger partial charge in [-0.2, -0.15) is 0 Å². The molecule has 0 bridgehead atoms. The molecule has 19 heavy (non-hydrogen) atoms. The van der Waals surface area contributed by atoms with Crippen LogP contribution in [0.5, 0.6) is 0 Å². The zero-order chi connectivity index (χ0) is 13.5. The number of allylic oxidation sites excluding steroid dienone is 1. The molecule has 0 heteroatoms. The van der Waals surface area contributed by atoms with Gasteiger partial charge in [-0.25, -0.2) is 0 Å². The third-order valence-corrected chi connectivity index (χ3v) is 4.52. The van der Waals surface area contributed by atoms with Gasteiger partial charge in [0.05, 0.1) is 0 Å². The summed E-state index contributed by atoms with van der Waals surface area (Å²) in [5.41, 5.74) is 5.73. The number of hydrogen-bond donors (Lipinski definition) is 0. The maximum Gasteiger partial charge on any atom is 0.0112 e. The Hall–Kier alpha value is -1.82. The van der Waals surface area contributed by atoms with Gasteiger partial charge >= 0.3 is 0 Å². The minimum absolute atomic E-state index is 0.0933. The smallest absolute Gasteiger partial charge is 0.0112 e. The number of benzene rings is 2. The molecule has 1 aliphatic carbocycles. The predicted molar refractivity (Wildman–Crippen MR) is 81.5 cm³/mol. The van der Waals surface area contributed by atoms with Crippen molar-refractivity contribution in [3.63, 3.8) is 0 Å². The summed E-state index contributed by atoms with van der Waals surface area (Å²) >= 11 is 0. The van der Waals surface area contributed by atoms with Gasteiger partial charge in [-0.3, -0.25) is 0 Å². The normalized spacial score (nSPS) is 20.3. The van der Waals surface area contributed by atoms with Crippen LogP contribution in [0.1, 0.15) is 36.5 Å². The van der Waals surface area contributed by atoms with E-state index in [4.69, 9.17) is 0 Å². The molecule has 0 saturated carbocycles. The van der Waals surface area contributed by atoms with E-state index in [1.54, 1.807) is 0 Å². The third-order valence-electron chi connectivity index (χ3n) is 4.52. The molecule has 0 aliphatic heterocycles. The van der Waals surface area contributed by atoms with Crippen LogP contribution in [0.15, 0.2) is 66.7 Å². The molecule has 0 N–H and O–H groups in total. The van der Waals surface area contributed by atoms with Gasteiger partial charge in [0, 0.05) is 11.3 Å². The van der Waals surface area contributed by atoms with Crippen LogP contribution < -0.4 is 0 Å². The summed E-state index contributed by atoms with van der Waals surface area (Å²) in [6.07, 6.45) is 1.06. The second-order valence-corrected chi connectivity index (χ2v) is 5.98. The highest BCUT2D eigenvalue weighted by Crippen LogP contribution is 2.50. The van der Waals surface area contributed by atoms with Gasteiger partial charge in [-0.1, -0.05) is 80.6 Å².